The molecule has 0 spiro atoms. The quantitative estimate of drug-likeness (QED) is 0.384. The van der Waals surface area contributed by atoms with Gasteiger partial charge in [0.25, 0.3) is 0 Å². The molecule has 0 aliphatic carbocycles. The number of rotatable bonds is 4. The second kappa shape index (κ2) is 8.06. The fourth-order valence-corrected chi connectivity index (χ4v) is 4.84. The highest BCUT2D eigenvalue weighted by Gasteiger charge is 2.32. The van der Waals surface area contributed by atoms with Crippen molar-refractivity contribution in [1.82, 2.24) is 4.98 Å². The van der Waals surface area contributed by atoms with Crippen molar-refractivity contribution in [2.45, 2.75) is 45.8 Å². The lowest BCUT2D eigenvalue weighted by atomic mass is 9.85. The first kappa shape index (κ1) is 22.3. The summed E-state index contributed by atoms with van der Waals surface area (Å²) in [5.74, 6) is -0.751. The Morgan fingerprint density at radius 1 is 1.18 bits per heavy atom. The van der Waals surface area contributed by atoms with E-state index in [9.17, 15) is 14.3 Å². The van der Waals surface area contributed by atoms with E-state index in [-0.39, 0.29) is 0 Å². The molecule has 5 nitrogen and oxygen atoms in total. The van der Waals surface area contributed by atoms with Gasteiger partial charge in [-0.3, -0.25) is 4.98 Å². The molecule has 0 saturated carbocycles. The largest absolute Gasteiger partial charge is 0.493 e. The summed E-state index contributed by atoms with van der Waals surface area (Å²) >= 11 is 0. The number of carboxylic acids is 1. The van der Waals surface area contributed by atoms with Gasteiger partial charge in [0.2, 0.25) is 0 Å². The first-order valence-electron chi connectivity index (χ1n) is 11.3. The maximum atomic E-state index is 14.5. The third kappa shape index (κ3) is 3.78. The molecule has 0 radical (unpaired) electrons. The Morgan fingerprint density at radius 3 is 2.71 bits per heavy atom. The Kier molecular flexibility index (Phi) is 5.29. The summed E-state index contributed by atoms with van der Waals surface area (Å²) in [4.78, 5) is 17.2. The van der Waals surface area contributed by atoms with E-state index < -0.39 is 23.5 Å². The summed E-state index contributed by atoms with van der Waals surface area (Å²) in [5, 5.41) is 12.6. The molecule has 3 aromatic carbocycles. The van der Waals surface area contributed by atoms with E-state index >= 15 is 0 Å². The van der Waals surface area contributed by atoms with E-state index in [0.717, 1.165) is 39.6 Å². The van der Waals surface area contributed by atoms with Crippen molar-refractivity contribution in [2.75, 3.05) is 6.61 Å². The summed E-state index contributed by atoms with van der Waals surface area (Å²) in [6, 6.07) is 12.2. The van der Waals surface area contributed by atoms with Crippen LogP contribution in [0.1, 0.15) is 43.6 Å². The molecule has 1 aliphatic rings. The van der Waals surface area contributed by atoms with E-state index in [0.29, 0.717) is 28.6 Å². The van der Waals surface area contributed by atoms with E-state index in [1.54, 1.807) is 12.3 Å². The SMILES string of the molecule is Cc1cc2ccc(F)cc2c(-c2ccc3c4c(ccnc24)CCO3)c1C(OC(C)(C)C)C(=O)O. The summed E-state index contributed by atoms with van der Waals surface area (Å²) in [5.41, 5.74) is 3.71. The van der Waals surface area contributed by atoms with E-state index in [4.69, 9.17) is 9.47 Å². The predicted molar refractivity (Wildman–Crippen MR) is 130 cm³/mol. The Hall–Kier alpha value is -3.51. The Morgan fingerprint density at radius 2 is 1.97 bits per heavy atom. The van der Waals surface area contributed by atoms with Crippen LogP contribution in [0.15, 0.2) is 48.7 Å². The summed E-state index contributed by atoms with van der Waals surface area (Å²) < 4.78 is 26.5. The number of nitrogens with zero attached hydrogens (tertiary/aromatic N) is 1. The number of halogens is 1. The van der Waals surface area contributed by atoms with Crippen molar-refractivity contribution >= 4 is 27.6 Å². The molecule has 0 amide bonds. The smallest absolute Gasteiger partial charge is 0.337 e. The average Bonchev–Trinajstić information content (AvgIpc) is 2.77. The van der Waals surface area contributed by atoms with Crippen LogP contribution in [0.5, 0.6) is 5.75 Å². The van der Waals surface area contributed by atoms with Crippen LogP contribution in [0.25, 0.3) is 32.8 Å². The first-order valence-corrected chi connectivity index (χ1v) is 11.3. The minimum Gasteiger partial charge on any atom is -0.493 e. The van der Waals surface area contributed by atoms with E-state index in [1.807, 2.05) is 52.0 Å². The highest BCUT2D eigenvalue weighted by Crippen LogP contribution is 2.45. The summed E-state index contributed by atoms with van der Waals surface area (Å²) in [7, 11) is 0. The second-order valence-corrected chi connectivity index (χ2v) is 9.70. The summed E-state index contributed by atoms with van der Waals surface area (Å²) in [6.07, 6.45) is 1.27. The van der Waals surface area contributed by atoms with Crippen LogP contribution in [0.4, 0.5) is 4.39 Å². The fourth-order valence-electron chi connectivity index (χ4n) is 4.84. The topological polar surface area (TPSA) is 68.7 Å². The molecule has 0 bridgehead atoms. The normalized spacial score (nSPS) is 14.3. The molecule has 1 atom stereocenters. The fraction of sp³-hybridized carbons (Fsp3) is 0.286. The van der Waals surface area contributed by atoms with Crippen molar-refractivity contribution < 1.29 is 23.8 Å². The van der Waals surface area contributed by atoms with Crippen molar-refractivity contribution in [2.24, 2.45) is 0 Å². The monoisotopic (exact) mass is 459 g/mol. The minimum atomic E-state index is -1.25. The maximum Gasteiger partial charge on any atom is 0.337 e. The lowest BCUT2D eigenvalue weighted by molar-refractivity contribution is -0.160. The zero-order valence-electron chi connectivity index (χ0n) is 19.6. The van der Waals surface area contributed by atoms with Gasteiger partial charge in [0.15, 0.2) is 6.10 Å². The highest BCUT2D eigenvalue weighted by molar-refractivity contribution is 6.08. The molecule has 6 heteroatoms. The molecule has 0 fully saturated rings. The van der Waals surface area contributed by atoms with Gasteiger partial charge in [-0.25, -0.2) is 9.18 Å². The molecule has 34 heavy (non-hydrogen) atoms. The number of hydrogen-bond donors (Lipinski definition) is 1. The molecule has 174 valence electrons. The van der Waals surface area contributed by atoms with Gasteiger partial charge >= 0.3 is 5.97 Å². The van der Waals surface area contributed by atoms with Crippen LogP contribution in [0.2, 0.25) is 0 Å². The van der Waals surface area contributed by atoms with Gasteiger partial charge in [-0.05, 0) is 85.5 Å². The van der Waals surface area contributed by atoms with E-state index in [2.05, 4.69) is 4.98 Å². The number of carbonyl (C=O) groups is 1. The third-order valence-electron chi connectivity index (χ3n) is 6.15. The third-order valence-corrected chi connectivity index (χ3v) is 6.15. The standard InChI is InChI=1S/C28H26FNO4/c1-15-13-17-5-6-18(29)14-20(17)24(22(15)26(27(31)32)34-28(2,3)4)19-7-8-21-23-16(10-12-33-21)9-11-30-25(19)23/h5-9,11,13-14,26H,10,12H2,1-4H3,(H,31,32). The van der Waals surface area contributed by atoms with Gasteiger partial charge in [0.05, 0.1) is 17.7 Å². The van der Waals surface area contributed by atoms with Gasteiger partial charge in [0.1, 0.15) is 11.6 Å². The number of hydrogen-bond acceptors (Lipinski definition) is 4. The zero-order valence-corrected chi connectivity index (χ0v) is 19.6. The van der Waals surface area contributed by atoms with Crippen LogP contribution in [-0.2, 0) is 16.0 Å². The van der Waals surface area contributed by atoms with Crippen molar-refractivity contribution in [1.29, 1.82) is 0 Å². The van der Waals surface area contributed by atoms with Gasteiger partial charge in [-0.1, -0.05) is 12.1 Å². The van der Waals surface area contributed by atoms with Gasteiger partial charge in [-0.2, -0.15) is 0 Å². The second-order valence-electron chi connectivity index (χ2n) is 9.70. The average molecular weight is 460 g/mol. The Labute approximate surface area is 197 Å². The molecule has 4 aromatic rings. The van der Waals surface area contributed by atoms with E-state index in [1.165, 1.54) is 12.1 Å². The number of benzene rings is 3. The number of aliphatic carboxylic acids is 1. The van der Waals surface area contributed by atoms with Crippen LogP contribution < -0.4 is 4.74 Å². The highest BCUT2D eigenvalue weighted by atomic mass is 19.1. The molecule has 2 heterocycles. The van der Waals surface area contributed by atoms with Gasteiger partial charge in [0, 0.05) is 29.1 Å². The molecular weight excluding hydrogens is 433 g/mol. The number of aryl methyl sites for hydroxylation is 1. The van der Waals surface area contributed by atoms with Gasteiger partial charge < -0.3 is 14.6 Å². The Bertz CT molecular complexity index is 1440. The molecule has 1 aliphatic heterocycles. The first-order chi connectivity index (χ1) is 16.1. The number of carboxylic acid groups (broad SMARTS) is 1. The zero-order chi connectivity index (χ0) is 24.2. The maximum absolute atomic E-state index is 14.5. The predicted octanol–water partition coefficient (Wildman–Crippen LogP) is 6.38. The van der Waals surface area contributed by atoms with Crippen LogP contribution in [0.3, 0.4) is 0 Å². The molecule has 5 rings (SSSR count). The number of fused-ring (bicyclic) bond motifs is 1. The number of aromatic nitrogens is 1. The molecule has 0 saturated heterocycles. The minimum absolute atomic E-state index is 0.397. The molecular formula is C28H26FNO4. The lowest BCUT2D eigenvalue weighted by Crippen LogP contribution is -2.28. The molecule has 1 N–H and O–H groups in total. The van der Waals surface area contributed by atoms with Gasteiger partial charge in [-0.15, -0.1) is 0 Å². The molecule has 1 aromatic heterocycles. The summed E-state index contributed by atoms with van der Waals surface area (Å²) in [6.45, 7) is 7.92. The van der Waals surface area contributed by atoms with Crippen LogP contribution in [-0.4, -0.2) is 28.3 Å². The Balaban J connectivity index is 1.92. The number of ether oxygens (including phenoxy) is 2. The van der Waals surface area contributed by atoms with Crippen molar-refractivity contribution in [3.63, 3.8) is 0 Å². The van der Waals surface area contributed by atoms with Crippen molar-refractivity contribution in [3.05, 3.63) is 71.2 Å². The van der Waals surface area contributed by atoms with Crippen molar-refractivity contribution in [3.8, 4) is 16.9 Å². The van der Waals surface area contributed by atoms with Crippen LogP contribution >= 0.6 is 0 Å². The number of pyridine rings is 1. The lowest BCUT2D eigenvalue weighted by Gasteiger charge is -2.29. The molecule has 1 unspecified atom stereocenters. The van der Waals surface area contributed by atoms with Crippen LogP contribution in [0, 0.1) is 12.7 Å².